The second-order valence-electron chi connectivity index (χ2n) is 8.10. The zero-order valence-corrected chi connectivity index (χ0v) is 16.4. The third kappa shape index (κ3) is 3.51. The van der Waals surface area contributed by atoms with Crippen LogP contribution in [0.3, 0.4) is 0 Å². The Morgan fingerprint density at radius 3 is 2.76 bits per heavy atom. The highest BCUT2D eigenvalue weighted by molar-refractivity contribution is 7.91. The van der Waals surface area contributed by atoms with Crippen molar-refractivity contribution < 1.29 is 13.2 Å². The van der Waals surface area contributed by atoms with Gasteiger partial charge >= 0.3 is 0 Å². The predicted molar refractivity (Wildman–Crippen MR) is 98.0 cm³/mol. The number of likely N-dealkylation sites (tertiary alicyclic amines) is 1. The van der Waals surface area contributed by atoms with Crippen LogP contribution in [0.4, 0.5) is 0 Å². The maximum absolute atomic E-state index is 13.0. The zero-order valence-electron chi connectivity index (χ0n) is 14.7. The minimum atomic E-state index is -3.41. The summed E-state index contributed by atoms with van der Waals surface area (Å²) in [7, 11) is -3.41. The van der Waals surface area contributed by atoms with Crippen molar-refractivity contribution >= 4 is 27.3 Å². The number of rotatable bonds is 4. The molecule has 1 aromatic heterocycles. The van der Waals surface area contributed by atoms with Crippen molar-refractivity contribution in [3.63, 3.8) is 0 Å². The molecule has 2 aliphatic heterocycles. The topological polar surface area (TPSA) is 57.7 Å². The van der Waals surface area contributed by atoms with Crippen LogP contribution >= 0.6 is 11.3 Å². The van der Waals surface area contributed by atoms with Gasteiger partial charge in [-0.2, -0.15) is 4.31 Å². The lowest BCUT2D eigenvalue weighted by atomic mass is 9.74. The molecule has 138 valence electrons. The van der Waals surface area contributed by atoms with Gasteiger partial charge in [-0.1, -0.05) is 0 Å². The highest BCUT2D eigenvalue weighted by atomic mass is 32.2. The fourth-order valence-corrected chi connectivity index (χ4v) is 7.22. The van der Waals surface area contributed by atoms with E-state index in [2.05, 4.69) is 0 Å². The van der Waals surface area contributed by atoms with Crippen molar-refractivity contribution in [1.29, 1.82) is 0 Å². The smallest absolute Gasteiger partial charge is 0.252 e. The highest BCUT2D eigenvalue weighted by Gasteiger charge is 2.45. The van der Waals surface area contributed by atoms with Crippen molar-refractivity contribution in [3.05, 3.63) is 17.0 Å². The first-order valence-corrected chi connectivity index (χ1v) is 11.5. The molecule has 3 fully saturated rings. The van der Waals surface area contributed by atoms with Gasteiger partial charge in [0.05, 0.1) is 0 Å². The molecule has 1 aliphatic carbocycles. The summed E-state index contributed by atoms with van der Waals surface area (Å²) >= 11 is 1.31. The van der Waals surface area contributed by atoms with E-state index in [-0.39, 0.29) is 11.3 Å². The molecule has 0 radical (unpaired) electrons. The van der Waals surface area contributed by atoms with Crippen LogP contribution in [0.15, 0.2) is 15.7 Å². The summed E-state index contributed by atoms with van der Waals surface area (Å²) in [5, 5.41) is 1.89. The normalized spacial score (nSPS) is 28.7. The first-order chi connectivity index (χ1) is 11.9. The molecule has 7 heteroatoms. The fourth-order valence-electron chi connectivity index (χ4n) is 4.25. The van der Waals surface area contributed by atoms with Crippen LogP contribution in [-0.2, 0) is 14.8 Å². The van der Waals surface area contributed by atoms with E-state index in [1.54, 1.807) is 10.4 Å². The van der Waals surface area contributed by atoms with E-state index in [0.29, 0.717) is 29.6 Å². The number of aryl methyl sites for hydroxylation is 1. The molecule has 0 unspecified atom stereocenters. The van der Waals surface area contributed by atoms with Crippen LogP contribution < -0.4 is 0 Å². The summed E-state index contributed by atoms with van der Waals surface area (Å²) in [6, 6.07) is 1.77. The average Bonchev–Trinajstić information content (AvgIpc) is 3.28. The number of amides is 1. The summed E-state index contributed by atoms with van der Waals surface area (Å²) in [5.41, 5.74) is 0.939. The number of piperidine rings is 2. The predicted octanol–water partition coefficient (Wildman–Crippen LogP) is 2.86. The van der Waals surface area contributed by atoms with E-state index in [4.69, 9.17) is 0 Å². The first-order valence-electron chi connectivity index (χ1n) is 9.21. The quantitative estimate of drug-likeness (QED) is 0.805. The van der Waals surface area contributed by atoms with Crippen LogP contribution in [0.2, 0.25) is 0 Å². The molecule has 3 heterocycles. The van der Waals surface area contributed by atoms with Gasteiger partial charge < -0.3 is 4.90 Å². The maximum atomic E-state index is 13.0. The highest BCUT2D eigenvalue weighted by Crippen LogP contribution is 2.42. The fraction of sp³-hybridized carbons (Fsp3) is 0.722. The molecular weight excluding hydrogens is 356 g/mol. The third-order valence-corrected chi connectivity index (χ3v) is 9.23. The summed E-state index contributed by atoms with van der Waals surface area (Å²) in [4.78, 5) is 14.3. The largest absolute Gasteiger partial charge is 0.342 e. The van der Waals surface area contributed by atoms with E-state index in [9.17, 15) is 13.2 Å². The van der Waals surface area contributed by atoms with E-state index in [1.807, 2.05) is 17.2 Å². The second kappa shape index (κ2) is 6.35. The molecule has 25 heavy (non-hydrogen) atoms. The molecule has 5 nitrogen and oxygen atoms in total. The van der Waals surface area contributed by atoms with Gasteiger partial charge in [-0.05, 0) is 62.0 Å². The Kier molecular flexibility index (Phi) is 4.45. The summed E-state index contributed by atoms with van der Waals surface area (Å²) in [6.07, 6.45) is 5.76. The van der Waals surface area contributed by atoms with Gasteiger partial charge in [-0.15, -0.1) is 11.3 Å². The number of thiophene rings is 1. The average molecular weight is 383 g/mol. The molecular formula is C18H26N2O3S2. The Morgan fingerprint density at radius 2 is 2.08 bits per heavy atom. The molecule has 0 N–H and O–H groups in total. The number of carbonyl (C=O) groups is 1. The molecule has 0 bridgehead atoms. The molecule has 0 aromatic carbocycles. The van der Waals surface area contributed by atoms with E-state index in [0.717, 1.165) is 37.9 Å². The Bertz CT molecular complexity index is 769. The lowest BCUT2D eigenvalue weighted by Crippen LogP contribution is -2.55. The van der Waals surface area contributed by atoms with Crippen molar-refractivity contribution in [1.82, 2.24) is 9.21 Å². The summed E-state index contributed by atoms with van der Waals surface area (Å²) in [6.45, 7) is 4.68. The first kappa shape index (κ1) is 17.5. The monoisotopic (exact) mass is 382 g/mol. The second-order valence-corrected chi connectivity index (χ2v) is 11.2. The van der Waals surface area contributed by atoms with Crippen LogP contribution in [-0.4, -0.2) is 49.7 Å². The van der Waals surface area contributed by atoms with E-state index < -0.39 is 10.0 Å². The summed E-state index contributed by atoms with van der Waals surface area (Å²) in [5.74, 6) is 0.933. The van der Waals surface area contributed by atoms with Gasteiger partial charge in [-0.3, -0.25) is 4.79 Å². The van der Waals surface area contributed by atoms with Gasteiger partial charge in [0.25, 0.3) is 10.0 Å². The number of carbonyl (C=O) groups excluding carboxylic acids is 1. The molecule has 1 saturated carbocycles. The van der Waals surface area contributed by atoms with Crippen LogP contribution in [0.25, 0.3) is 0 Å². The van der Waals surface area contributed by atoms with Gasteiger partial charge in [-0.25, -0.2) is 8.42 Å². The lowest BCUT2D eigenvalue weighted by Gasteiger charge is -2.47. The number of nitrogens with zero attached hydrogens (tertiary/aromatic N) is 2. The van der Waals surface area contributed by atoms with Gasteiger partial charge in [0, 0.05) is 38.0 Å². The van der Waals surface area contributed by atoms with Gasteiger partial charge in [0.2, 0.25) is 5.91 Å². The lowest BCUT2D eigenvalue weighted by molar-refractivity contribution is -0.139. The van der Waals surface area contributed by atoms with Crippen molar-refractivity contribution in [3.8, 4) is 0 Å². The Labute approximate surface area is 154 Å². The van der Waals surface area contributed by atoms with Gasteiger partial charge in [0.15, 0.2) is 0 Å². The standard InChI is InChI=1S/C18H26N2O3S2/c1-14-9-17(24-11-14)25(22,23)20-8-2-6-18(13-20)7-5-16(21)19(12-18)10-15-3-4-15/h9,11,15H,2-8,10,12-13H2,1H3/t18-/m0/s1. The molecule has 3 aliphatic rings. The van der Waals surface area contributed by atoms with E-state index in [1.165, 1.54) is 24.2 Å². The van der Waals surface area contributed by atoms with E-state index >= 15 is 0 Å². The van der Waals surface area contributed by atoms with Crippen LogP contribution in [0, 0.1) is 18.3 Å². The van der Waals surface area contributed by atoms with Crippen LogP contribution in [0.5, 0.6) is 0 Å². The molecule has 1 atom stereocenters. The number of sulfonamides is 1. The third-order valence-electron chi connectivity index (χ3n) is 5.85. The molecule has 1 aromatic rings. The minimum Gasteiger partial charge on any atom is -0.342 e. The number of hydrogen-bond acceptors (Lipinski definition) is 4. The Balaban J connectivity index is 1.52. The Hall–Kier alpha value is -0.920. The van der Waals surface area contributed by atoms with Crippen molar-refractivity contribution in [2.75, 3.05) is 26.2 Å². The number of hydrogen-bond donors (Lipinski definition) is 0. The maximum Gasteiger partial charge on any atom is 0.252 e. The van der Waals surface area contributed by atoms with Gasteiger partial charge in [0.1, 0.15) is 4.21 Å². The molecule has 2 saturated heterocycles. The van der Waals surface area contributed by atoms with Crippen molar-refractivity contribution in [2.24, 2.45) is 11.3 Å². The molecule has 1 spiro atoms. The molecule has 1 amide bonds. The SMILES string of the molecule is Cc1csc(S(=O)(=O)N2CCC[C@@]3(CCC(=O)N(CC4CC4)C3)C2)c1. The van der Waals surface area contributed by atoms with Crippen LogP contribution in [0.1, 0.15) is 44.1 Å². The zero-order chi connectivity index (χ0) is 17.7. The van der Waals surface area contributed by atoms with Crippen molar-refractivity contribution in [2.45, 2.75) is 49.7 Å². The molecule has 4 rings (SSSR count). The Morgan fingerprint density at radius 1 is 1.28 bits per heavy atom. The minimum absolute atomic E-state index is 0.0551. The summed E-state index contributed by atoms with van der Waals surface area (Å²) < 4.78 is 28.2.